The molecule has 0 aliphatic carbocycles. The first kappa shape index (κ1) is 12.1. The predicted molar refractivity (Wildman–Crippen MR) is 74.9 cm³/mol. The lowest BCUT2D eigenvalue weighted by Crippen LogP contribution is -2.35. The number of thiophene rings is 1. The summed E-state index contributed by atoms with van der Waals surface area (Å²) in [4.78, 5) is 16.3. The molecule has 1 unspecified atom stereocenters. The maximum absolute atomic E-state index is 12.4. The molecule has 1 aliphatic heterocycles. The third kappa shape index (κ3) is 1.94. The van der Waals surface area contributed by atoms with E-state index in [4.69, 9.17) is 17.0 Å². The highest BCUT2D eigenvalue weighted by Gasteiger charge is 2.31. The highest BCUT2D eigenvalue weighted by Crippen LogP contribution is 2.26. The van der Waals surface area contributed by atoms with E-state index < -0.39 is 0 Å². The van der Waals surface area contributed by atoms with Crippen molar-refractivity contribution in [2.45, 2.75) is 31.9 Å². The van der Waals surface area contributed by atoms with Crippen LogP contribution in [0.5, 0.6) is 0 Å². The van der Waals surface area contributed by atoms with Gasteiger partial charge in [-0.2, -0.15) is 0 Å². The number of nitrogens with one attached hydrogen (secondary N) is 1. The fraction of sp³-hybridized carbons (Fsp3) is 0.500. The van der Waals surface area contributed by atoms with Crippen molar-refractivity contribution < 1.29 is 4.74 Å². The van der Waals surface area contributed by atoms with Crippen LogP contribution in [0.15, 0.2) is 16.2 Å². The average molecular weight is 282 g/mol. The monoisotopic (exact) mass is 282 g/mol. The molecule has 2 aromatic heterocycles. The molecular formula is C12H14N2O2S2. The summed E-state index contributed by atoms with van der Waals surface area (Å²) >= 11 is 6.78. The number of nitrogens with zero attached hydrogens (tertiary/aromatic N) is 1. The molecule has 3 rings (SSSR count). The number of fused-ring (bicyclic) bond motifs is 1. The average Bonchev–Trinajstić information content (AvgIpc) is 2.94. The highest BCUT2D eigenvalue weighted by atomic mass is 32.1. The molecule has 1 atom stereocenters. The highest BCUT2D eigenvalue weighted by molar-refractivity contribution is 7.71. The fourth-order valence-electron chi connectivity index (χ4n) is 2.42. The van der Waals surface area contributed by atoms with Gasteiger partial charge < -0.3 is 9.72 Å². The number of aromatic amines is 1. The summed E-state index contributed by atoms with van der Waals surface area (Å²) < 4.78 is 7.83. The molecule has 0 radical (unpaired) electrons. The fourth-order valence-corrected chi connectivity index (χ4v) is 3.51. The Morgan fingerprint density at radius 2 is 2.50 bits per heavy atom. The van der Waals surface area contributed by atoms with E-state index in [0.29, 0.717) is 16.7 Å². The molecule has 1 fully saturated rings. The largest absolute Gasteiger partial charge is 0.373 e. The topological polar surface area (TPSA) is 47.0 Å². The van der Waals surface area contributed by atoms with Gasteiger partial charge in [0.05, 0.1) is 17.5 Å². The summed E-state index contributed by atoms with van der Waals surface area (Å²) in [6, 6.07) is 1.84. The van der Waals surface area contributed by atoms with E-state index in [1.54, 1.807) is 4.57 Å². The van der Waals surface area contributed by atoms with Crippen LogP contribution in [0.25, 0.3) is 10.2 Å². The first-order valence-electron chi connectivity index (χ1n) is 5.93. The Bertz CT molecular complexity index is 692. The number of aromatic nitrogens is 2. The van der Waals surface area contributed by atoms with Crippen molar-refractivity contribution in [3.05, 3.63) is 26.6 Å². The van der Waals surface area contributed by atoms with Gasteiger partial charge in [-0.05, 0) is 43.4 Å². The minimum absolute atomic E-state index is 0.0216. The quantitative estimate of drug-likeness (QED) is 0.862. The maximum atomic E-state index is 12.4. The van der Waals surface area contributed by atoms with Crippen LogP contribution in [0.1, 0.15) is 19.8 Å². The summed E-state index contributed by atoms with van der Waals surface area (Å²) in [6.07, 6.45) is 2.01. The Hall–Kier alpha value is -0.980. The Morgan fingerprint density at radius 1 is 1.67 bits per heavy atom. The Kier molecular flexibility index (Phi) is 2.88. The molecule has 96 valence electrons. The molecule has 3 heterocycles. The second kappa shape index (κ2) is 4.29. The van der Waals surface area contributed by atoms with E-state index in [0.717, 1.165) is 24.3 Å². The van der Waals surface area contributed by atoms with Gasteiger partial charge in [0.1, 0.15) is 4.83 Å². The van der Waals surface area contributed by atoms with Crippen molar-refractivity contribution in [3.63, 3.8) is 0 Å². The van der Waals surface area contributed by atoms with Crippen LogP contribution in [-0.2, 0) is 11.3 Å². The van der Waals surface area contributed by atoms with Crippen molar-refractivity contribution in [1.29, 1.82) is 0 Å². The van der Waals surface area contributed by atoms with Crippen LogP contribution in [-0.4, -0.2) is 21.8 Å². The van der Waals surface area contributed by atoms with Gasteiger partial charge in [-0.3, -0.25) is 9.36 Å². The van der Waals surface area contributed by atoms with Crippen molar-refractivity contribution >= 4 is 33.8 Å². The molecule has 6 heteroatoms. The summed E-state index contributed by atoms with van der Waals surface area (Å²) in [5.41, 5.74) is -0.290. The first-order valence-corrected chi connectivity index (χ1v) is 7.22. The van der Waals surface area contributed by atoms with Gasteiger partial charge in [0, 0.05) is 6.61 Å². The lowest BCUT2D eigenvalue weighted by atomic mass is 10.0. The Morgan fingerprint density at radius 3 is 3.22 bits per heavy atom. The molecule has 0 aromatic carbocycles. The molecule has 1 aliphatic rings. The zero-order valence-corrected chi connectivity index (χ0v) is 11.7. The van der Waals surface area contributed by atoms with Crippen LogP contribution in [0.3, 0.4) is 0 Å². The number of ether oxygens (including phenoxy) is 1. The minimum atomic E-state index is -0.269. The van der Waals surface area contributed by atoms with E-state index in [-0.39, 0.29) is 11.2 Å². The van der Waals surface area contributed by atoms with Crippen LogP contribution < -0.4 is 5.56 Å². The molecule has 4 nitrogen and oxygen atoms in total. The smallest absolute Gasteiger partial charge is 0.263 e. The molecule has 18 heavy (non-hydrogen) atoms. The third-order valence-electron chi connectivity index (χ3n) is 3.40. The number of H-pyrrole nitrogens is 1. The van der Waals surface area contributed by atoms with Crippen LogP contribution in [0, 0.1) is 4.77 Å². The van der Waals surface area contributed by atoms with E-state index in [1.807, 2.05) is 18.4 Å². The van der Waals surface area contributed by atoms with Crippen molar-refractivity contribution in [2.75, 3.05) is 6.61 Å². The molecule has 0 amide bonds. The molecule has 0 spiro atoms. The van der Waals surface area contributed by atoms with Crippen molar-refractivity contribution in [3.8, 4) is 0 Å². The van der Waals surface area contributed by atoms with Gasteiger partial charge in [-0.1, -0.05) is 0 Å². The zero-order valence-electron chi connectivity index (χ0n) is 10.1. The van der Waals surface area contributed by atoms with E-state index in [2.05, 4.69) is 4.98 Å². The van der Waals surface area contributed by atoms with Gasteiger partial charge in [0.25, 0.3) is 5.56 Å². The lowest BCUT2D eigenvalue weighted by molar-refractivity contribution is 0.00508. The van der Waals surface area contributed by atoms with Crippen molar-refractivity contribution in [2.24, 2.45) is 0 Å². The molecule has 0 saturated carbocycles. The molecular weight excluding hydrogens is 268 g/mol. The SMILES string of the molecule is CC1(Cn2c(=S)[nH]c3sccc3c2=O)CCCO1. The van der Waals surface area contributed by atoms with Gasteiger partial charge in [0.2, 0.25) is 0 Å². The summed E-state index contributed by atoms with van der Waals surface area (Å²) in [5, 5.41) is 2.60. The van der Waals surface area contributed by atoms with Crippen LogP contribution >= 0.6 is 23.6 Å². The maximum Gasteiger partial charge on any atom is 0.263 e. The second-order valence-electron chi connectivity index (χ2n) is 4.89. The normalized spacial score (nSPS) is 23.8. The predicted octanol–water partition coefficient (Wildman–Crippen LogP) is 2.69. The minimum Gasteiger partial charge on any atom is -0.373 e. The third-order valence-corrected chi connectivity index (χ3v) is 4.55. The molecule has 1 N–H and O–H groups in total. The summed E-state index contributed by atoms with van der Waals surface area (Å²) in [6.45, 7) is 3.33. The van der Waals surface area contributed by atoms with Crippen LogP contribution in [0.2, 0.25) is 0 Å². The van der Waals surface area contributed by atoms with E-state index in [1.165, 1.54) is 11.3 Å². The molecule has 0 bridgehead atoms. The van der Waals surface area contributed by atoms with Gasteiger partial charge in [0.15, 0.2) is 4.77 Å². The standard InChI is InChI=1S/C12H14N2O2S2/c1-12(4-2-5-16-12)7-14-10(15)8-3-6-18-9(8)13-11(14)17/h3,6H,2,4-5,7H2,1H3,(H,13,17). The molecule has 1 saturated heterocycles. The number of hydrogen-bond acceptors (Lipinski definition) is 4. The van der Waals surface area contributed by atoms with E-state index >= 15 is 0 Å². The van der Waals surface area contributed by atoms with Gasteiger partial charge in [-0.25, -0.2) is 0 Å². The second-order valence-corrected chi connectivity index (χ2v) is 6.19. The molecule has 2 aromatic rings. The van der Waals surface area contributed by atoms with Gasteiger partial charge in [-0.15, -0.1) is 11.3 Å². The number of rotatable bonds is 2. The zero-order chi connectivity index (χ0) is 12.8. The van der Waals surface area contributed by atoms with E-state index in [9.17, 15) is 4.79 Å². The summed E-state index contributed by atoms with van der Waals surface area (Å²) in [7, 11) is 0. The Balaban J connectivity index is 2.11. The van der Waals surface area contributed by atoms with Crippen molar-refractivity contribution in [1.82, 2.24) is 9.55 Å². The number of hydrogen-bond donors (Lipinski definition) is 1. The van der Waals surface area contributed by atoms with Gasteiger partial charge >= 0.3 is 0 Å². The first-order chi connectivity index (χ1) is 8.59. The summed E-state index contributed by atoms with van der Waals surface area (Å²) in [5.74, 6) is 0. The van der Waals surface area contributed by atoms with Crippen LogP contribution in [0.4, 0.5) is 0 Å². The Labute approximate surface area is 113 Å². The lowest BCUT2D eigenvalue weighted by Gasteiger charge is -2.23.